The lowest BCUT2D eigenvalue weighted by Crippen LogP contribution is -2.40. The van der Waals surface area contributed by atoms with Crippen LogP contribution in [-0.4, -0.2) is 70.8 Å². The van der Waals surface area contributed by atoms with E-state index < -0.39 is 9.84 Å². The van der Waals surface area contributed by atoms with Crippen LogP contribution >= 0.6 is 0 Å². The van der Waals surface area contributed by atoms with E-state index in [1.165, 1.54) is 5.56 Å². The van der Waals surface area contributed by atoms with Gasteiger partial charge in [-0.05, 0) is 55.5 Å². The zero-order valence-electron chi connectivity index (χ0n) is 23.4. The van der Waals surface area contributed by atoms with Gasteiger partial charge in [0.05, 0.1) is 45.5 Å². The van der Waals surface area contributed by atoms with E-state index in [9.17, 15) is 8.42 Å². The van der Waals surface area contributed by atoms with Crippen molar-refractivity contribution in [3.05, 3.63) is 72.1 Å². The molecule has 0 spiro atoms. The quantitative estimate of drug-likeness (QED) is 0.306. The summed E-state index contributed by atoms with van der Waals surface area (Å²) in [6.07, 6.45) is 3.87. The number of hydrogen-bond donors (Lipinski definition) is 0. The first-order valence-electron chi connectivity index (χ1n) is 14.3. The lowest BCUT2D eigenvalue weighted by Gasteiger charge is -2.33. The first-order chi connectivity index (χ1) is 19.9. The number of aromatic nitrogens is 5. The molecule has 5 heterocycles. The fourth-order valence-corrected chi connectivity index (χ4v) is 7.86. The molecule has 2 aromatic carbocycles. The van der Waals surface area contributed by atoms with Gasteiger partial charge in [0.15, 0.2) is 9.84 Å². The Morgan fingerprint density at radius 1 is 0.976 bits per heavy atom. The van der Waals surface area contributed by atoms with E-state index in [1.54, 1.807) is 4.68 Å². The summed E-state index contributed by atoms with van der Waals surface area (Å²) in [5, 5.41) is 9.61. The van der Waals surface area contributed by atoms with Crippen molar-refractivity contribution in [2.24, 2.45) is 13.0 Å². The Balaban J connectivity index is 1.48. The van der Waals surface area contributed by atoms with Gasteiger partial charge in [0.1, 0.15) is 0 Å². The van der Waals surface area contributed by atoms with E-state index in [2.05, 4.69) is 74.4 Å². The Kier molecular flexibility index (Phi) is 6.54. The second kappa shape index (κ2) is 10.3. The molecule has 3 aromatic heterocycles. The van der Waals surface area contributed by atoms with Crippen LogP contribution in [0.3, 0.4) is 0 Å². The van der Waals surface area contributed by atoms with E-state index in [1.807, 2.05) is 20.2 Å². The number of sulfone groups is 1. The molecule has 0 unspecified atom stereocenters. The monoisotopic (exact) mass is 570 g/mol. The number of aryl methyl sites for hydroxylation is 2. The van der Waals surface area contributed by atoms with Gasteiger partial charge in [-0.3, -0.25) is 4.98 Å². The van der Waals surface area contributed by atoms with Crippen LogP contribution in [0, 0.1) is 12.8 Å². The minimum Gasteiger partial charge on any atom is -0.381 e. The molecular weight excluding hydrogens is 536 g/mol. The Morgan fingerprint density at radius 2 is 1.73 bits per heavy atom. The smallest absolute Gasteiger partial charge is 0.153 e. The molecule has 10 heteroatoms. The summed E-state index contributed by atoms with van der Waals surface area (Å²) in [4.78, 5) is 7.24. The lowest BCUT2D eigenvalue weighted by molar-refractivity contribution is 0.0553. The van der Waals surface area contributed by atoms with Crippen LogP contribution in [0.5, 0.6) is 0 Å². The number of pyridine rings is 1. The first-order valence-corrected chi connectivity index (χ1v) is 16.1. The van der Waals surface area contributed by atoms with Gasteiger partial charge >= 0.3 is 0 Å². The second-order valence-corrected chi connectivity index (χ2v) is 13.6. The summed E-state index contributed by atoms with van der Waals surface area (Å²) < 4.78 is 34.4. The van der Waals surface area contributed by atoms with Crippen molar-refractivity contribution >= 4 is 37.5 Å². The minimum atomic E-state index is -2.97. The maximum atomic E-state index is 12.1. The zero-order valence-corrected chi connectivity index (χ0v) is 24.2. The lowest BCUT2D eigenvalue weighted by atomic mass is 9.86. The third-order valence-corrected chi connectivity index (χ3v) is 10.3. The normalized spacial score (nSPS) is 18.7. The fourth-order valence-electron chi connectivity index (χ4n) is 6.66. The van der Waals surface area contributed by atoms with Crippen molar-refractivity contribution in [1.29, 1.82) is 0 Å². The summed E-state index contributed by atoms with van der Waals surface area (Å²) in [6, 6.07) is 19.6. The van der Waals surface area contributed by atoms with Crippen molar-refractivity contribution in [3.8, 4) is 11.3 Å². The molecule has 2 aliphatic heterocycles. The van der Waals surface area contributed by atoms with Gasteiger partial charge in [-0.2, -0.15) is 0 Å². The van der Waals surface area contributed by atoms with Gasteiger partial charge < -0.3 is 14.2 Å². The van der Waals surface area contributed by atoms with Crippen LogP contribution in [0.1, 0.15) is 30.1 Å². The Labute approximate surface area is 239 Å². The molecule has 5 aromatic rings. The zero-order chi connectivity index (χ0) is 28.1. The van der Waals surface area contributed by atoms with Gasteiger partial charge in [0.25, 0.3) is 0 Å². The van der Waals surface area contributed by atoms with Gasteiger partial charge in [0, 0.05) is 56.2 Å². The number of rotatable bonds is 5. The number of nitrogens with zero attached hydrogens (tertiary/aromatic N) is 6. The van der Waals surface area contributed by atoms with Crippen molar-refractivity contribution < 1.29 is 13.2 Å². The van der Waals surface area contributed by atoms with Gasteiger partial charge in [-0.1, -0.05) is 35.5 Å². The molecule has 0 N–H and O–H groups in total. The topological polar surface area (TPSA) is 95.1 Å². The number of hydrogen-bond acceptors (Lipinski definition) is 7. The number of benzene rings is 2. The molecule has 0 radical (unpaired) electrons. The largest absolute Gasteiger partial charge is 0.381 e. The van der Waals surface area contributed by atoms with Crippen LogP contribution in [0.2, 0.25) is 0 Å². The maximum absolute atomic E-state index is 12.1. The second-order valence-electron chi connectivity index (χ2n) is 11.3. The molecule has 9 nitrogen and oxygen atoms in total. The summed E-state index contributed by atoms with van der Waals surface area (Å²) in [6.45, 7) is 4.49. The molecule has 0 bridgehead atoms. The third-order valence-electron chi connectivity index (χ3n) is 8.73. The molecule has 0 amide bonds. The van der Waals surface area contributed by atoms with Gasteiger partial charge in [-0.25, -0.2) is 13.1 Å². The van der Waals surface area contributed by atoms with Crippen molar-refractivity contribution in [2.45, 2.75) is 25.8 Å². The fraction of sp³-hybridized carbons (Fsp3) is 0.387. The molecule has 1 atom stereocenters. The Hall–Kier alpha value is -3.76. The number of fused-ring (bicyclic) bond motifs is 3. The molecule has 212 valence electrons. The van der Waals surface area contributed by atoms with Crippen LogP contribution in [0.4, 0.5) is 5.69 Å². The van der Waals surface area contributed by atoms with Gasteiger partial charge in [0.2, 0.25) is 0 Å². The van der Waals surface area contributed by atoms with E-state index in [-0.39, 0.29) is 17.5 Å². The average molecular weight is 571 g/mol. The van der Waals surface area contributed by atoms with E-state index in [0.717, 1.165) is 70.6 Å². The highest BCUT2D eigenvalue weighted by Gasteiger charge is 2.31. The molecule has 7 rings (SSSR count). The minimum absolute atomic E-state index is 0.0832. The Morgan fingerprint density at radius 3 is 2.44 bits per heavy atom. The average Bonchev–Trinajstić information content (AvgIpc) is 3.49. The number of anilines is 1. The molecule has 2 fully saturated rings. The highest BCUT2D eigenvalue weighted by molar-refractivity contribution is 7.91. The molecule has 0 aliphatic carbocycles. The molecular formula is C31H34N6O3S. The standard InChI is InChI=1S/C31H34N6O3S/c1-21-30(35(2)34-33-21)24-18-28-29(32-20-24)26-9-8-25(36-12-16-41(38,39)17-13-36)19-27(26)37(28)31(22-6-4-3-5-7-22)23-10-14-40-15-11-23/h3-9,18-20,23,31H,10-17H2,1-2H3/t31-/m1/s1. The predicted molar refractivity (Wildman–Crippen MR) is 161 cm³/mol. The van der Waals surface area contributed by atoms with Crippen LogP contribution in [-0.2, 0) is 21.6 Å². The van der Waals surface area contributed by atoms with E-state index >= 15 is 0 Å². The summed E-state index contributed by atoms with van der Waals surface area (Å²) in [5.41, 5.74) is 8.23. The van der Waals surface area contributed by atoms with Crippen molar-refractivity contribution in [2.75, 3.05) is 42.7 Å². The highest BCUT2D eigenvalue weighted by atomic mass is 32.2. The van der Waals surface area contributed by atoms with Crippen molar-refractivity contribution in [1.82, 2.24) is 24.5 Å². The van der Waals surface area contributed by atoms with Crippen LogP contribution < -0.4 is 4.90 Å². The maximum Gasteiger partial charge on any atom is 0.153 e. The third kappa shape index (κ3) is 4.68. The Bertz CT molecular complexity index is 1810. The molecule has 2 saturated heterocycles. The molecule has 2 aliphatic rings. The first kappa shape index (κ1) is 26.2. The molecule has 41 heavy (non-hydrogen) atoms. The van der Waals surface area contributed by atoms with Crippen LogP contribution in [0.15, 0.2) is 60.8 Å². The number of ether oxygens (including phenoxy) is 1. The van der Waals surface area contributed by atoms with Gasteiger partial charge in [-0.15, -0.1) is 5.10 Å². The summed E-state index contributed by atoms with van der Waals surface area (Å²) >= 11 is 0. The predicted octanol–water partition coefficient (Wildman–Crippen LogP) is 4.54. The highest BCUT2D eigenvalue weighted by Crippen LogP contribution is 2.42. The SMILES string of the molecule is Cc1nnn(C)c1-c1cnc2c3ccc(N4CCS(=O)(=O)CC4)cc3n([C@H](c3ccccc3)C3CCOCC3)c2c1. The summed E-state index contributed by atoms with van der Waals surface area (Å²) in [7, 11) is -1.06. The van der Waals surface area contributed by atoms with Crippen molar-refractivity contribution in [3.63, 3.8) is 0 Å². The van der Waals surface area contributed by atoms with E-state index in [4.69, 9.17) is 9.72 Å². The van der Waals surface area contributed by atoms with E-state index in [0.29, 0.717) is 19.0 Å². The molecule has 0 saturated carbocycles. The van der Waals surface area contributed by atoms with Crippen LogP contribution in [0.25, 0.3) is 33.2 Å². The summed E-state index contributed by atoms with van der Waals surface area (Å²) in [5.74, 6) is 0.759.